The van der Waals surface area contributed by atoms with E-state index in [0.29, 0.717) is 18.4 Å². The Morgan fingerprint density at radius 3 is 2.37 bits per heavy atom. The third kappa shape index (κ3) is 8.20. The lowest BCUT2D eigenvalue weighted by atomic mass is 9.66. The molecule has 38 heavy (non-hydrogen) atoms. The topological polar surface area (TPSA) is 90.9 Å². The first-order valence-electron chi connectivity index (χ1n) is 13.4. The van der Waals surface area contributed by atoms with Crippen molar-refractivity contribution < 1.29 is 19.3 Å². The maximum Gasteiger partial charge on any atom is 0.411 e. The molecule has 0 unspecified atom stereocenters. The highest BCUT2D eigenvalue weighted by Crippen LogP contribution is 2.28. The summed E-state index contributed by atoms with van der Waals surface area (Å²) in [5.41, 5.74) is 4.47. The summed E-state index contributed by atoms with van der Waals surface area (Å²) in [5.74, 6) is -0.0854. The number of carbonyl (C=O) groups is 2. The largest absolute Gasteiger partial charge is 0.451 e. The van der Waals surface area contributed by atoms with Crippen molar-refractivity contribution in [1.82, 2.24) is 10.2 Å². The Balaban J connectivity index is 1.16. The average Bonchev–Trinajstić information content (AvgIpc) is 2.94. The highest BCUT2D eigenvalue weighted by molar-refractivity contribution is 6.48. The number of likely N-dealkylation sites (tertiary alicyclic amines) is 1. The van der Waals surface area contributed by atoms with Crippen molar-refractivity contribution in [2.75, 3.05) is 31.5 Å². The van der Waals surface area contributed by atoms with Crippen molar-refractivity contribution in [3.8, 4) is 11.1 Å². The van der Waals surface area contributed by atoms with Crippen molar-refractivity contribution in [3.05, 3.63) is 90.0 Å². The van der Waals surface area contributed by atoms with Crippen LogP contribution < -0.4 is 10.6 Å². The smallest absolute Gasteiger partial charge is 0.411 e. The maximum absolute atomic E-state index is 12.6. The molecule has 0 aliphatic carbocycles. The second-order valence-electron chi connectivity index (χ2n) is 9.82. The molecule has 0 bridgehead atoms. The number of carbonyl (C=O) groups excluding carboxylic acids is 2. The number of ether oxygens (including phenoxy) is 1. The number of para-hydroxylation sites is 1. The highest BCUT2D eigenvalue weighted by atomic mass is 16.6. The zero-order valence-electron chi connectivity index (χ0n) is 21.9. The van der Waals surface area contributed by atoms with Gasteiger partial charge in [-0.15, -0.1) is 0 Å². The molecule has 0 atom stereocenters. The van der Waals surface area contributed by atoms with E-state index in [1.165, 1.54) is 0 Å². The average molecular weight is 513 g/mol. The summed E-state index contributed by atoms with van der Waals surface area (Å²) >= 11 is 0. The van der Waals surface area contributed by atoms with Gasteiger partial charge < -0.3 is 20.0 Å². The Morgan fingerprint density at radius 2 is 1.66 bits per heavy atom. The van der Waals surface area contributed by atoms with Crippen LogP contribution in [-0.2, 0) is 11.2 Å². The van der Waals surface area contributed by atoms with Gasteiger partial charge in [0.15, 0.2) is 0 Å². The molecular weight excluding hydrogens is 477 g/mol. The fourth-order valence-corrected chi connectivity index (χ4v) is 4.63. The summed E-state index contributed by atoms with van der Waals surface area (Å²) in [4.78, 5) is 27.4. The van der Waals surface area contributed by atoms with E-state index in [1.807, 2.05) is 78.9 Å². The van der Waals surface area contributed by atoms with Crippen molar-refractivity contribution >= 4 is 24.6 Å². The Hall–Kier alpha value is -3.62. The molecule has 1 aliphatic heterocycles. The van der Waals surface area contributed by atoms with Gasteiger partial charge in [-0.3, -0.25) is 10.1 Å². The zero-order valence-corrected chi connectivity index (χ0v) is 21.9. The van der Waals surface area contributed by atoms with Gasteiger partial charge in [-0.05, 0) is 54.9 Å². The summed E-state index contributed by atoms with van der Waals surface area (Å²) in [6.07, 6.45) is 2.46. The van der Waals surface area contributed by atoms with Crippen LogP contribution in [0.5, 0.6) is 0 Å². The lowest BCUT2D eigenvalue weighted by Gasteiger charge is -2.31. The van der Waals surface area contributed by atoms with Gasteiger partial charge in [0.05, 0.1) is 5.69 Å². The van der Waals surface area contributed by atoms with E-state index in [2.05, 4.69) is 15.5 Å². The van der Waals surface area contributed by atoms with Gasteiger partial charge in [0.2, 0.25) is 0 Å². The molecule has 2 amide bonds. The molecule has 1 saturated heterocycles. The van der Waals surface area contributed by atoms with Gasteiger partial charge in [0.1, 0.15) is 6.10 Å². The van der Waals surface area contributed by atoms with E-state index >= 15 is 0 Å². The summed E-state index contributed by atoms with van der Waals surface area (Å²) in [7, 11) is 0. The van der Waals surface area contributed by atoms with Crippen molar-refractivity contribution in [1.29, 1.82) is 0 Å². The van der Waals surface area contributed by atoms with Crippen LogP contribution in [0.25, 0.3) is 11.1 Å². The molecule has 3 aromatic rings. The SMILES string of the molecule is CB(O)CCc1ccc(C(=O)NCCN2CCC(OC(=O)Nc3ccccc3-c3ccccc3)CC2)cc1. The van der Waals surface area contributed by atoms with Crippen molar-refractivity contribution in [2.45, 2.75) is 38.5 Å². The minimum absolute atomic E-state index is 0.0854. The molecule has 7 nitrogen and oxygen atoms in total. The highest BCUT2D eigenvalue weighted by Gasteiger charge is 2.22. The number of aryl methyl sites for hydroxylation is 1. The van der Waals surface area contributed by atoms with Crippen LogP contribution >= 0.6 is 0 Å². The van der Waals surface area contributed by atoms with E-state index < -0.39 is 6.09 Å². The molecule has 198 valence electrons. The number of anilines is 1. The standard InChI is InChI=1S/C30H36BN3O4/c1-31(37)18-15-23-11-13-25(14-12-23)29(35)32-19-22-34-20-16-26(17-21-34)38-30(36)33-28-10-6-5-9-27(28)24-7-3-2-4-8-24/h2-14,26,37H,15-22H2,1H3,(H,32,35)(H,33,36). The Labute approximate surface area is 225 Å². The number of amides is 2. The molecule has 3 N–H and O–H groups in total. The lowest BCUT2D eigenvalue weighted by molar-refractivity contribution is 0.0587. The van der Waals surface area contributed by atoms with Crippen LogP contribution in [0.15, 0.2) is 78.9 Å². The predicted octanol–water partition coefficient (Wildman–Crippen LogP) is 4.95. The van der Waals surface area contributed by atoms with Crippen molar-refractivity contribution in [2.24, 2.45) is 0 Å². The van der Waals surface area contributed by atoms with Gasteiger partial charge in [0, 0.05) is 37.3 Å². The Morgan fingerprint density at radius 1 is 0.974 bits per heavy atom. The van der Waals surface area contributed by atoms with Crippen LogP contribution in [0.2, 0.25) is 13.1 Å². The van der Waals surface area contributed by atoms with Crippen LogP contribution in [0.4, 0.5) is 10.5 Å². The minimum Gasteiger partial charge on any atom is -0.451 e. The number of hydrogen-bond acceptors (Lipinski definition) is 5. The molecule has 3 aromatic carbocycles. The molecule has 1 fully saturated rings. The van der Waals surface area contributed by atoms with Gasteiger partial charge >= 0.3 is 6.09 Å². The third-order valence-electron chi connectivity index (χ3n) is 6.84. The fourth-order valence-electron chi connectivity index (χ4n) is 4.63. The molecule has 0 saturated carbocycles. The fraction of sp³-hybridized carbons (Fsp3) is 0.333. The summed E-state index contributed by atoms with van der Waals surface area (Å²) in [6, 6.07) is 25.2. The number of benzene rings is 3. The quantitative estimate of drug-likeness (QED) is 0.334. The monoisotopic (exact) mass is 513 g/mol. The van der Waals surface area contributed by atoms with E-state index in [4.69, 9.17) is 4.74 Å². The Kier molecular flexibility index (Phi) is 9.95. The van der Waals surface area contributed by atoms with E-state index in [9.17, 15) is 14.6 Å². The number of rotatable bonds is 10. The first-order valence-corrected chi connectivity index (χ1v) is 13.4. The molecule has 0 aromatic heterocycles. The molecule has 4 rings (SSSR count). The van der Waals surface area contributed by atoms with Crippen LogP contribution in [-0.4, -0.2) is 61.1 Å². The zero-order chi connectivity index (χ0) is 26.7. The van der Waals surface area contributed by atoms with E-state index in [-0.39, 0.29) is 18.9 Å². The summed E-state index contributed by atoms with van der Waals surface area (Å²) in [6.45, 7) is 4.39. The first kappa shape index (κ1) is 27.4. The predicted molar refractivity (Wildman–Crippen MR) is 153 cm³/mol. The summed E-state index contributed by atoms with van der Waals surface area (Å²) in [5, 5.41) is 15.3. The van der Waals surface area contributed by atoms with Crippen LogP contribution in [0, 0.1) is 0 Å². The second kappa shape index (κ2) is 13.8. The first-order chi connectivity index (χ1) is 18.5. The molecule has 8 heteroatoms. The van der Waals surface area contributed by atoms with E-state index in [0.717, 1.165) is 61.3 Å². The lowest BCUT2D eigenvalue weighted by Crippen LogP contribution is -2.42. The normalized spacial score (nSPS) is 14.1. The number of nitrogens with one attached hydrogen (secondary N) is 2. The van der Waals surface area contributed by atoms with Crippen LogP contribution in [0.3, 0.4) is 0 Å². The molecular formula is C30H36BN3O4. The molecule has 0 spiro atoms. The van der Waals surface area contributed by atoms with Gasteiger partial charge in [-0.2, -0.15) is 0 Å². The van der Waals surface area contributed by atoms with Gasteiger partial charge in [-0.1, -0.05) is 67.5 Å². The molecule has 1 heterocycles. The molecule has 0 radical (unpaired) electrons. The van der Waals surface area contributed by atoms with Crippen LogP contribution in [0.1, 0.15) is 28.8 Å². The number of hydrogen-bond donors (Lipinski definition) is 3. The summed E-state index contributed by atoms with van der Waals surface area (Å²) < 4.78 is 5.71. The van der Waals surface area contributed by atoms with E-state index in [1.54, 1.807) is 6.82 Å². The van der Waals surface area contributed by atoms with Gasteiger partial charge in [0.25, 0.3) is 12.8 Å². The molecule has 1 aliphatic rings. The second-order valence-corrected chi connectivity index (χ2v) is 9.82. The third-order valence-corrected chi connectivity index (χ3v) is 6.84. The van der Waals surface area contributed by atoms with Gasteiger partial charge in [-0.25, -0.2) is 4.79 Å². The van der Waals surface area contributed by atoms with Crippen molar-refractivity contribution in [3.63, 3.8) is 0 Å². The number of piperidine rings is 1. The number of nitrogens with zero attached hydrogens (tertiary/aromatic N) is 1. The maximum atomic E-state index is 12.6. The minimum atomic E-state index is -0.434. The Bertz CT molecular complexity index is 1180.